The maximum atomic E-state index is 13.7. The number of ether oxygens (including phenoxy) is 2. The molecule has 0 radical (unpaired) electrons. The van der Waals surface area contributed by atoms with E-state index in [1.807, 2.05) is 6.07 Å². The molecule has 0 spiro atoms. The van der Waals surface area contributed by atoms with E-state index in [9.17, 15) is 39.6 Å². The lowest BCUT2D eigenvalue weighted by Gasteiger charge is -2.18. The number of benzene rings is 3. The molecule has 258 valence electrons. The summed E-state index contributed by atoms with van der Waals surface area (Å²) in [6, 6.07) is 16.0. The fourth-order valence-electron chi connectivity index (χ4n) is 4.60. The predicted octanol–water partition coefficient (Wildman–Crippen LogP) is 3.64. The van der Waals surface area contributed by atoms with E-state index in [1.165, 1.54) is 0 Å². The van der Waals surface area contributed by atoms with Crippen LogP contribution in [0.3, 0.4) is 0 Å². The van der Waals surface area contributed by atoms with Crippen LogP contribution in [0.25, 0.3) is 21.3 Å². The minimum absolute atomic E-state index is 0.140. The lowest BCUT2D eigenvalue weighted by atomic mass is 10.0. The lowest BCUT2D eigenvalue weighted by molar-refractivity contribution is -0.274. The highest BCUT2D eigenvalue weighted by Gasteiger charge is 2.36. The Morgan fingerprint density at radius 3 is 2.25 bits per heavy atom. The van der Waals surface area contributed by atoms with Gasteiger partial charge in [-0.15, -0.1) is 24.5 Å². The highest BCUT2D eigenvalue weighted by atomic mass is 32.2. The van der Waals surface area contributed by atoms with Gasteiger partial charge < -0.3 is 19.7 Å². The van der Waals surface area contributed by atoms with Crippen LogP contribution in [0.4, 0.5) is 13.2 Å². The second-order valence-corrected chi connectivity index (χ2v) is 15.5. The van der Waals surface area contributed by atoms with Gasteiger partial charge in [-0.25, -0.2) is 27.0 Å². The van der Waals surface area contributed by atoms with Gasteiger partial charge in [0.2, 0.25) is 15.9 Å². The number of nitrogens with one attached hydrogen (secondary N) is 1. The van der Waals surface area contributed by atoms with E-state index in [-0.39, 0.29) is 16.5 Å². The van der Waals surface area contributed by atoms with Crippen LogP contribution in [0.5, 0.6) is 5.75 Å². The quantitative estimate of drug-likeness (QED) is 0.196. The Bertz CT molecular complexity index is 1980. The molecule has 0 aliphatic heterocycles. The molecule has 4 aromatic rings. The summed E-state index contributed by atoms with van der Waals surface area (Å²) in [6.07, 6.45) is -4.99. The van der Waals surface area contributed by atoms with Gasteiger partial charge in [-0.1, -0.05) is 30.3 Å². The number of hydrogen-bond donors (Lipinski definition) is 2. The van der Waals surface area contributed by atoms with Crippen LogP contribution in [-0.4, -0.2) is 84.5 Å². The summed E-state index contributed by atoms with van der Waals surface area (Å²) < 4.78 is 97.4. The minimum atomic E-state index is -4.99. The highest BCUT2D eigenvalue weighted by Crippen LogP contribution is 2.33. The van der Waals surface area contributed by atoms with E-state index < -0.39 is 61.2 Å². The first kappa shape index (κ1) is 36.7. The summed E-state index contributed by atoms with van der Waals surface area (Å²) >= 11 is 1.07. The predicted molar refractivity (Wildman–Crippen MR) is 173 cm³/mol. The fourth-order valence-corrected chi connectivity index (χ4v) is 8.07. The number of fused-ring (bicyclic) bond motifs is 1. The van der Waals surface area contributed by atoms with Crippen molar-refractivity contribution in [2.45, 2.75) is 17.4 Å². The molecular weight excluding hydrogens is 698 g/mol. The van der Waals surface area contributed by atoms with Gasteiger partial charge >= 0.3 is 6.36 Å². The van der Waals surface area contributed by atoms with Crippen LogP contribution in [0.2, 0.25) is 0 Å². The molecule has 0 fully saturated rings. The minimum Gasteiger partial charge on any atom is -0.406 e. The third-order valence-corrected chi connectivity index (χ3v) is 10.8. The third kappa shape index (κ3) is 9.96. The van der Waals surface area contributed by atoms with Crippen LogP contribution < -0.4 is 15.2 Å². The van der Waals surface area contributed by atoms with Crippen molar-refractivity contribution in [2.24, 2.45) is 5.14 Å². The Balaban J connectivity index is 1.58. The van der Waals surface area contributed by atoms with Crippen molar-refractivity contribution in [3.8, 4) is 16.9 Å². The van der Waals surface area contributed by atoms with Crippen LogP contribution in [0, 0.1) is 0 Å². The van der Waals surface area contributed by atoms with Crippen molar-refractivity contribution in [1.29, 1.82) is 0 Å². The molecule has 48 heavy (non-hydrogen) atoms. The molecule has 1 unspecified atom stereocenters. The molecule has 12 nitrogen and oxygen atoms in total. The molecule has 1 atom stereocenters. The normalized spacial score (nSPS) is 12.9. The molecule has 0 aliphatic carbocycles. The van der Waals surface area contributed by atoms with E-state index >= 15 is 0 Å². The highest BCUT2D eigenvalue weighted by molar-refractivity contribution is 7.91. The van der Waals surface area contributed by atoms with Gasteiger partial charge in [0.1, 0.15) is 16.5 Å². The molecule has 1 heterocycles. The molecule has 2 amide bonds. The molecule has 3 N–H and O–H groups in total. The number of primary sulfonamides is 1. The summed E-state index contributed by atoms with van der Waals surface area (Å²) in [5, 5.41) is 5.41. The van der Waals surface area contributed by atoms with Crippen molar-refractivity contribution < 1.29 is 49.1 Å². The first-order chi connectivity index (χ1) is 22.5. The van der Waals surface area contributed by atoms with Crippen LogP contribution in [0.1, 0.15) is 26.2 Å². The second-order valence-electron chi connectivity index (χ2n) is 10.5. The zero-order chi connectivity index (χ0) is 35.3. The first-order valence-corrected chi connectivity index (χ1v) is 18.3. The summed E-state index contributed by atoms with van der Waals surface area (Å²) in [6.45, 7) is 0.342. The number of carbonyl (C=O) groups is 2. The van der Waals surface area contributed by atoms with E-state index in [2.05, 4.69) is 15.0 Å². The van der Waals surface area contributed by atoms with Crippen molar-refractivity contribution in [2.75, 3.05) is 39.6 Å². The fraction of sp³-hybridized carbons (Fsp3) is 0.300. The number of carbonyl (C=O) groups excluding carboxylic acids is 2. The molecule has 0 saturated carbocycles. The average molecular weight is 729 g/mol. The smallest absolute Gasteiger partial charge is 0.406 e. The molecular formula is C30H31F3N4O8S3. The number of hydrogen-bond acceptors (Lipinski definition) is 10. The number of thiazole rings is 1. The monoisotopic (exact) mass is 728 g/mol. The summed E-state index contributed by atoms with van der Waals surface area (Å²) in [4.78, 5) is 31.7. The topological polar surface area (TPSA) is 175 Å². The van der Waals surface area contributed by atoms with Gasteiger partial charge in [0.15, 0.2) is 15.1 Å². The Kier molecular flexibility index (Phi) is 11.5. The Morgan fingerprint density at radius 1 is 1.00 bits per heavy atom. The first-order valence-electron chi connectivity index (χ1n) is 14.1. The number of halogens is 3. The molecule has 4 rings (SSSR count). The van der Waals surface area contributed by atoms with Gasteiger partial charge in [0, 0.05) is 32.8 Å². The van der Waals surface area contributed by atoms with Crippen LogP contribution in [-0.2, 0) is 35.1 Å². The zero-order valence-electron chi connectivity index (χ0n) is 25.6. The number of nitrogens with two attached hydrogens (primary N) is 1. The Hall–Kier alpha value is -4.10. The number of likely N-dealkylation sites (N-methyl/N-ethyl adjacent to an activating group) is 1. The molecule has 1 aromatic heterocycles. The van der Waals surface area contributed by atoms with Gasteiger partial charge in [-0.2, -0.15) is 0 Å². The van der Waals surface area contributed by atoms with Gasteiger partial charge in [-0.3, -0.25) is 9.59 Å². The standard InChI is InChI=1S/C30H31F3N4O8S3/c1-37(14-15-44-2)29(39)21-5-3-19(4-6-21)22-9-12-24-25(17-22)46-26(36-24)18-47(40,41)27(28(38)35-13-16-48(34,42)43)20-7-10-23(11-8-20)45-30(31,32)33/h3-12,17,27H,13-16,18H2,1-2H3,(H,35,38)(H2,34,42,43). The maximum absolute atomic E-state index is 13.7. The van der Waals surface area contributed by atoms with Gasteiger partial charge in [-0.05, 0) is 53.1 Å². The number of methoxy groups -OCH3 is 1. The third-order valence-electron chi connectivity index (χ3n) is 6.90. The molecule has 0 bridgehead atoms. The van der Waals surface area contributed by atoms with Crippen LogP contribution in [0.15, 0.2) is 66.7 Å². The number of aromatic nitrogens is 1. The van der Waals surface area contributed by atoms with E-state index in [0.717, 1.165) is 46.7 Å². The molecule has 18 heteroatoms. The van der Waals surface area contributed by atoms with Crippen molar-refractivity contribution >= 4 is 53.2 Å². The Labute approximate surface area is 278 Å². The second kappa shape index (κ2) is 15.0. The van der Waals surface area contributed by atoms with Crippen LogP contribution >= 0.6 is 11.3 Å². The Morgan fingerprint density at radius 2 is 1.65 bits per heavy atom. The SMILES string of the molecule is COCCN(C)C(=O)c1ccc(-c2ccc3nc(CS(=O)(=O)C(C(=O)NCCS(N)(=O)=O)c4ccc(OC(F)(F)F)cc4)sc3c2)cc1. The van der Waals surface area contributed by atoms with Gasteiger partial charge in [0.25, 0.3) is 5.91 Å². The maximum Gasteiger partial charge on any atom is 0.573 e. The number of sulfone groups is 1. The zero-order valence-corrected chi connectivity index (χ0v) is 28.0. The number of amides is 2. The molecule has 3 aromatic carbocycles. The average Bonchev–Trinajstić information content (AvgIpc) is 3.39. The van der Waals surface area contributed by atoms with Crippen molar-refractivity contribution in [1.82, 2.24) is 15.2 Å². The van der Waals surface area contributed by atoms with Crippen molar-refractivity contribution in [3.63, 3.8) is 0 Å². The number of alkyl halides is 3. The van der Waals surface area contributed by atoms with E-state index in [4.69, 9.17) is 9.88 Å². The lowest BCUT2D eigenvalue weighted by Crippen LogP contribution is -2.37. The van der Waals surface area contributed by atoms with E-state index in [0.29, 0.717) is 28.9 Å². The summed E-state index contributed by atoms with van der Waals surface area (Å²) in [5.41, 5.74) is 2.39. The number of nitrogens with zero attached hydrogens (tertiary/aromatic N) is 2. The number of sulfonamides is 1. The van der Waals surface area contributed by atoms with E-state index in [1.54, 1.807) is 55.5 Å². The summed E-state index contributed by atoms with van der Waals surface area (Å²) in [7, 11) is -5.18. The number of rotatable bonds is 14. The summed E-state index contributed by atoms with van der Waals surface area (Å²) in [5.74, 6) is -3.27. The molecule has 0 saturated heterocycles. The molecule has 0 aliphatic rings. The van der Waals surface area contributed by atoms with Crippen molar-refractivity contribution in [3.05, 3.63) is 82.9 Å². The largest absolute Gasteiger partial charge is 0.573 e. The van der Waals surface area contributed by atoms with Gasteiger partial charge in [0.05, 0.1) is 22.6 Å².